The molecule has 0 aliphatic heterocycles. The first-order valence-corrected chi connectivity index (χ1v) is 5.57. The van der Waals surface area contributed by atoms with Crippen molar-refractivity contribution in [3.63, 3.8) is 0 Å². The standard InChI is InChI=1S/C10H12ClN3O3/c1-17-8-3-7(4-8)13-10-9(14(15)16)2-6(11)5-12-10/h2,5,7-8H,3-4H2,1H3,(H,12,13). The second-order valence-corrected chi connectivity index (χ2v) is 4.39. The molecule has 0 spiro atoms. The third-order valence-electron chi connectivity index (χ3n) is 2.80. The quantitative estimate of drug-likeness (QED) is 0.661. The molecule has 1 aliphatic carbocycles. The first-order chi connectivity index (χ1) is 8.10. The molecule has 1 N–H and O–H groups in total. The van der Waals surface area contributed by atoms with E-state index in [4.69, 9.17) is 16.3 Å². The van der Waals surface area contributed by atoms with Gasteiger partial charge in [-0.05, 0) is 12.8 Å². The maximum absolute atomic E-state index is 10.8. The molecule has 1 saturated carbocycles. The van der Waals surface area contributed by atoms with Gasteiger partial charge in [-0.2, -0.15) is 0 Å². The average Bonchev–Trinajstić information content (AvgIpc) is 2.24. The molecular formula is C10H12ClN3O3. The number of nitrogens with zero attached hydrogens (tertiary/aromatic N) is 2. The predicted octanol–water partition coefficient (Wildman–Crippen LogP) is 2.23. The summed E-state index contributed by atoms with van der Waals surface area (Å²) in [6, 6.07) is 1.47. The molecule has 0 bridgehead atoms. The summed E-state index contributed by atoms with van der Waals surface area (Å²) >= 11 is 5.68. The summed E-state index contributed by atoms with van der Waals surface area (Å²) < 4.78 is 5.14. The molecular weight excluding hydrogens is 246 g/mol. The fourth-order valence-corrected chi connectivity index (χ4v) is 1.90. The molecule has 17 heavy (non-hydrogen) atoms. The third kappa shape index (κ3) is 2.65. The van der Waals surface area contributed by atoms with E-state index in [-0.39, 0.29) is 28.7 Å². The number of pyridine rings is 1. The minimum absolute atomic E-state index is 0.0987. The molecule has 0 amide bonds. The molecule has 1 aromatic heterocycles. The van der Waals surface area contributed by atoms with Crippen molar-refractivity contribution >= 4 is 23.1 Å². The van der Waals surface area contributed by atoms with Gasteiger partial charge in [0.15, 0.2) is 0 Å². The molecule has 0 radical (unpaired) electrons. The van der Waals surface area contributed by atoms with Gasteiger partial charge in [-0.15, -0.1) is 0 Å². The van der Waals surface area contributed by atoms with Crippen molar-refractivity contribution in [3.05, 3.63) is 27.4 Å². The molecule has 0 aromatic carbocycles. The summed E-state index contributed by atoms with van der Waals surface area (Å²) in [5.74, 6) is 0.263. The first kappa shape index (κ1) is 12.1. The van der Waals surface area contributed by atoms with E-state index >= 15 is 0 Å². The van der Waals surface area contributed by atoms with Gasteiger partial charge < -0.3 is 10.1 Å². The predicted molar refractivity (Wildman–Crippen MR) is 63.3 cm³/mol. The van der Waals surface area contributed by atoms with Crippen molar-refractivity contribution in [1.29, 1.82) is 0 Å². The van der Waals surface area contributed by atoms with Crippen LogP contribution in [-0.4, -0.2) is 29.2 Å². The van der Waals surface area contributed by atoms with E-state index < -0.39 is 4.92 Å². The Morgan fingerprint density at radius 2 is 2.35 bits per heavy atom. The maximum Gasteiger partial charge on any atom is 0.312 e. The number of aromatic nitrogens is 1. The molecule has 92 valence electrons. The number of ether oxygens (including phenoxy) is 1. The molecule has 0 unspecified atom stereocenters. The van der Waals surface area contributed by atoms with Crippen molar-refractivity contribution in [2.75, 3.05) is 12.4 Å². The zero-order chi connectivity index (χ0) is 12.4. The monoisotopic (exact) mass is 257 g/mol. The molecule has 6 nitrogen and oxygen atoms in total. The van der Waals surface area contributed by atoms with Crippen molar-refractivity contribution in [2.45, 2.75) is 25.0 Å². The Bertz CT molecular complexity index is 435. The van der Waals surface area contributed by atoms with Gasteiger partial charge in [0.2, 0.25) is 5.82 Å². The largest absolute Gasteiger partial charge is 0.381 e. The zero-order valence-electron chi connectivity index (χ0n) is 9.22. The number of halogens is 1. The lowest BCUT2D eigenvalue weighted by Crippen LogP contribution is -2.40. The van der Waals surface area contributed by atoms with E-state index in [1.54, 1.807) is 7.11 Å². The lowest BCUT2D eigenvalue weighted by molar-refractivity contribution is -0.384. The van der Waals surface area contributed by atoms with E-state index in [0.29, 0.717) is 0 Å². The Hall–Kier alpha value is -1.40. The number of rotatable bonds is 4. The molecule has 1 aliphatic rings. The van der Waals surface area contributed by atoms with Crippen LogP contribution in [0, 0.1) is 10.1 Å². The van der Waals surface area contributed by atoms with Gasteiger partial charge >= 0.3 is 5.69 Å². The summed E-state index contributed by atoms with van der Waals surface area (Å²) in [5, 5.41) is 14.1. The van der Waals surface area contributed by atoms with Crippen LogP contribution in [0.4, 0.5) is 11.5 Å². The maximum atomic E-state index is 10.8. The number of methoxy groups -OCH3 is 1. The summed E-state index contributed by atoms with van der Waals surface area (Å²) in [5.41, 5.74) is -0.0987. The number of anilines is 1. The molecule has 7 heteroatoms. The second kappa shape index (κ2) is 4.85. The fraction of sp³-hybridized carbons (Fsp3) is 0.500. The lowest BCUT2D eigenvalue weighted by atomic mass is 9.89. The van der Waals surface area contributed by atoms with Crippen molar-refractivity contribution < 1.29 is 9.66 Å². The zero-order valence-corrected chi connectivity index (χ0v) is 9.98. The Morgan fingerprint density at radius 3 is 2.94 bits per heavy atom. The van der Waals surface area contributed by atoms with Crippen LogP contribution >= 0.6 is 11.6 Å². The highest BCUT2D eigenvalue weighted by Gasteiger charge is 2.31. The van der Waals surface area contributed by atoms with E-state index in [2.05, 4.69) is 10.3 Å². The van der Waals surface area contributed by atoms with Crippen LogP contribution in [0.1, 0.15) is 12.8 Å². The van der Waals surface area contributed by atoms with Crippen LogP contribution in [0.5, 0.6) is 0 Å². The summed E-state index contributed by atoms with van der Waals surface area (Å²) in [4.78, 5) is 14.3. The van der Waals surface area contributed by atoms with Gasteiger partial charge in [-0.1, -0.05) is 11.6 Å². The normalized spacial score (nSPS) is 22.9. The number of hydrogen-bond acceptors (Lipinski definition) is 5. The fourth-order valence-electron chi connectivity index (χ4n) is 1.75. The van der Waals surface area contributed by atoms with Crippen molar-refractivity contribution in [2.24, 2.45) is 0 Å². The minimum atomic E-state index is -0.492. The molecule has 1 fully saturated rings. The van der Waals surface area contributed by atoms with Crippen LogP contribution in [0.3, 0.4) is 0 Å². The first-order valence-electron chi connectivity index (χ1n) is 5.19. The molecule has 0 saturated heterocycles. The Kier molecular flexibility index (Phi) is 3.44. The van der Waals surface area contributed by atoms with Gasteiger partial charge in [-0.25, -0.2) is 4.98 Å². The Labute approximate surface area is 103 Å². The molecule has 1 aromatic rings. The Balaban J connectivity index is 2.08. The van der Waals surface area contributed by atoms with Gasteiger partial charge in [0.1, 0.15) is 0 Å². The lowest BCUT2D eigenvalue weighted by Gasteiger charge is -2.34. The molecule has 0 atom stereocenters. The number of nitrogens with one attached hydrogen (secondary N) is 1. The van der Waals surface area contributed by atoms with Crippen LogP contribution in [0.15, 0.2) is 12.3 Å². The van der Waals surface area contributed by atoms with E-state index in [9.17, 15) is 10.1 Å². The Morgan fingerprint density at radius 1 is 1.65 bits per heavy atom. The smallest absolute Gasteiger partial charge is 0.312 e. The van der Waals surface area contributed by atoms with Gasteiger partial charge in [0, 0.05) is 25.4 Å². The van der Waals surface area contributed by atoms with Crippen LogP contribution in [-0.2, 0) is 4.74 Å². The van der Waals surface area contributed by atoms with Crippen molar-refractivity contribution in [1.82, 2.24) is 4.98 Å². The van der Waals surface area contributed by atoms with E-state index in [1.807, 2.05) is 0 Å². The van der Waals surface area contributed by atoms with Gasteiger partial charge in [0.25, 0.3) is 0 Å². The second-order valence-electron chi connectivity index (χ2n) is 3.95. The molecule has 2 rings (SSSR count). The summed E-state index contributed by atoms with van der Waals surface area (Å²) in [7, 11) is 1.66. The number of nitro groups is 1. The van der Waals surface area contributed by atoms with E-state index in [1.165, 1.54) is 12.3 Å². The van der Waals surface area contributed by atoms with E-state index in [0.717, 1.165) is 12.8 Å². The summed E-state index contributed by atoms with van der Waals surface area (Å²) in [6.07, 6.45) is 3.29. The highest BCUT2D eigenvalue weighted by molar-refractivity contribution is 6.30. The van der Waals surface area contributed by atoms with Crippen LogP contribution < -0.4 is 5.32 Å². The SMILES string of the molecule is COC1CC(Nc2ncc(Cl)cc2[N+](=O)[O-])C1. The van der Waals surface area contributed by atoms with Crippen molar-refractivity contribution in [3.8, 4) is 0 Å². The van der Waals surface area contributed by atoms with Gasteiger partial charge in [0.05, 0.1) is 16.0 Å². The molecule has 1 heterocycles. The summed E-state index contributed by atoms with van der Waals surface area (Å²) in [6.45, 7) is 0. The van der Waals surface area contributed by atoms with Crippen LogP contribution in [0.25, 0.3) is 0 Å². The minimum Gasteiger partial charge on any atom is -0.381 e. The average molecular weight is 258 g/mol. The number of hydrogen-bond donors (Lipinski definition) is 1. The third-order valence-corrected chi connectivity index (χ3v) is 3.01. The van der Waals surface area contributed by atoms with Crippen LogP contribution in [0.2, 0.25) is 5.02 Å². The van der Waals surface area contributed by atoms with Gasteiger partial charge in [-0.3, -0.25) is 10.1 Å². The highest BCUT2D eigenvalue weighted by Crippen LogP contribution is 2.30. The topological polar surface area (TPSA) is 77.3 Å². The highest BCUT2D eigenvalue weighted by atomic mass is 35.5.